The Hall–Kier alpha value is -3.70. The van der Waals surface area contributed by atoms with Gasteiger partial charge in [-0.15, -0.1) is 21.9 Å². The van der Waals surface area contributed by atoms with Gasteiger partial charge in [0.2, 0.25) is 0 Å². The van der Waals surface area contributed by atoms with E-state index >= 15 is 35.1 Å². The summed E-state index contributed by atoms with van der Waals surface area (Å²) in [5.74, 6) is -71.2. The van der Waals surface area contributed by atoms with E-state index in [4.69, 9.17) is 0 Å². The van der Waals surface area contributed by atoms with E-state index < -0.39 is 152 Å². The fraction of sp³-hybridized carbons (Fsp3) is 0.114. The van der Waals surface area contributed by atoms with Crippen molar-refractivity contribution in [2.24, 2.45) is 0 Å². The highest BCUT2D eigenvalue weighted by Gasteiger charge is 2.52. The maximum Gasteiger partial charge on any atom is 0.200 e. The molecule has 0 saturated carbocycles. The number of hydrogen-bond donors (Lipinski definition) is 0. The van der Waals surface area contributed by atoms with Crippen LogP contribution in [0.4, 0.5) is 87.8 Å². The Morgan fingerprint density at radius 2 is 0.557 bits per heavy atom. The molecule has 0 aliphatic rings. The number of carbonyl (C=O) groups is 1. The zero-order chi connectivity index (χ0) is 46.4. The number of rotatable bonds is 10. The average Bonchev–Trinajstić information content (AvgIpc) is 3.25. The summed E-state index contributed by atoms with van der Waals surface area (Å²) in [5.41, 5.74) is -13.5. The number of alkyl halides is 3. The van der Waals surface area contributed by atoms with Gasteiger partial charge in [0, 0.05) is 5.56 Å². The first-order valence-corrected chi connectivity index (χ1v) is 21.6. The molecule has 0 aromatic heterocycles. The van der Waals surface area contributed by atoms with Crippen LogP contribution < -0.4 is 21.9 Å². The lowest BCUT2D eigenvalue weighted by Gasteiger charge is -2.44. The Balaban J connectivity index is 0.000000430. The summed E-state index contributed by atoms with van der Waals surface area (Å²) in [6, 6.07) is 9.51. The summed E-state index contributed by atoms with van der Waals surface area (Å²) >= 11 is 10.6. The van der Waals surface area contributed by atoms with Gasteiger partial charge in [-0.25, -0.2) is 87.8 Å². The molecule has 0 aliphatic heterocycles. The standard InChI is InChI=1S/C24BF20.C11H13Br3OP/c26-5-1(6(27)14(35)21(42)13(5)34)25(2-7(28)15(36)22(43)16(37)8(2)29,3-9(30)17(38)23(44)18(39)10(3)31)4-11(32)19(40)24(45)20(41)12(4)33;12-7-16(8-13,9-14)6-11(15)10-4-2-1-3-5-10/h;1-5H,6-9H2/q-1;+1. The predicted octanol–water partition coefficient (Wildman–Crippen LogP) is 10.8. The topological polar surface area (TPSA) is 17.1 Å². The fourth-order valence-electron chi connectivity index (χ4n) is 6.12. The number of Topliss-reactive ketones (excluding diaryl/α,β-unsaturated/α-hetero) is 1. The summed E-state index contributed by atoms with van der Waals surface area (Å²) in [6.45, 7) is 0. The second-order valence-electron chi connectivity index (χ2n) is 12.4. The third-order valence-electron chi connectivity index (χ3n) is 9.04. The minimum atomic E-state index is -7.22. The molecular formula is C35H13BBr3F20OP. The van der Waals surface area contributed by atoms with E-state index in [-0.39, 0.29) is 5.78 Å². The van der Waals surface area contributed by atoms with E-state index in [0.717, 1.165) is 20.8 Å². The molecule has 0 radical (unpaired) electrons. The van der Waals surface area contributed by atoms with Crippen LogP contribution in [0.2, 0.25) is 0 Å². The molecule has 0 amide bonds. The maximum absolute atomic E-state index is 15.4. The molecule has 5 rings (SSSR count). The second-order valence-corrected chi connectivity index (χ2v) is 20.7. The lowest BCUT2D eigenvalue weighted by molar-refractivity contribution is 0.102. The molecule has 0 N–H and O–H groups in total. The van der Waals surface area contributed by atoms with Gasteiger partial charge < -0.3 is 0 Å². The van der Waals surface area contributed by atoms with Crippen molar-refractivity contribution in [3.05, 3.63) is 152 Å². The van der Waals surface area contributed by atoms with E-state index in [0.29, 0.717) is 6.16 Å². The zero-order valence-corrected chi connectivity index (χ0v) is 34.5. The van der Waals surface area contributed by atoms with Gasteiger partial charge in [-0.3, -0.25) is 4.79 Å². The van der Waals surface area contributed by atoms with E-state index in [1.54, 1.807) is 0 Å². The van der Waals surface area contributed by atoms with Gasteiger partial charge in [0.15, 0.2) is 75.6 Å². The molecular weight excluding hydrogens is 1100 g/mol. The van der Waals surface area contributed by atoms with Gasteiger partial charge in [0.1, 0.15) is 74.1 Å². The van der Waals surface area contributed by atoms with Crippen molar-refractivity contribution in [2.45, 2.75) is 0 Å². The lowest BCUT2D eigenvalue weighted by Crippen LogP contribution is -2.81. The van der Waals surface area contributed by atoms with Gasteiger partial charge in [0.05, 0.1) is 7.26 Å². The van der Waals surface area contributed by atoms with Crippen molar-refractivity contribution in [1.82, 2.24) is 0 Å². The molecule has 0 unspecified atom stereocenters. The van der Waals surface area contributed by atoms with Crippen LogP contribution in [0, 0.1) is 116 Å². The summed E-state index contributed by atoms with van der Waals surface area (Å²) in [5, 5.41) is 2.74. The Kier molecular flexibility index (Phi) is 15.5. The Morgan fingerprint density at radius 3 is 0.754 bits per heavy atom. The number of benzene rings is 5. The van der Waals surface area contributed by atoms with Crippen LogP contribution in [0.15, 0.2) is 30.3 Å². The quantitative estimate of drug-likeness (QED) is 0.0259. The fourth-order valence-corrected chi connectivity index (χ4v) is 16.4. The second kappa shape index (κ2) is 19.0. The smallest absolute Gasteiger partial charge is 0.200 e. The largest absolute Gasteiger partial charge is 0.290 e. The highest BCUT2D eigenvalue weighted by molar-refractivity contribution is 9.13. The van der Waals surface area contributed by atoms with Crippen molar-refractivity contribution in [1.29, 1.82) is 0 Å². The molecule has 0 spiro atoms. The Bertz CT molecular complexity index is 2170. The van der Waals surface area contributed by atoms with Gasteiger partial charge in [-0.2, -0.15) is 0 Å². The van der Waals surface area contributed by atoms with Crippen LogP contribution in [0.1, 0.15) is 10.4 Å². The molecule has 1 nitrogen and oxygen atoms in total. The predicted molar refractivity (Wildman–Crippen MR) is 193 cm³/mol. The first-order valence-electron chi connectivity index (χ1n) is 15.7. The van der Waals surface area contributed by atoms with Crippen molar-refractivity contribution in [3.63, 3.8) is 0 Å². The molecule has 328 valence electrons. The Labute approximate surface area is 353 Å². The molecule has 0 heterocycles. The normalized spacial score (nSPS) is 11.9. The molecule has 0 atom stereocenters. The minimum absolute atomic E-state index is 0.243. The van der Waals surface area contributed by atoms with E-state index in [1.165, 1.54) is 0 Å². The number of ketones is 1. The van der Waals surface area contributed by atoms with Gasteiger partial charge in [-0.1, -0.05) is 30.3 Å². The van der Waals surface area contributed by atoms with Crippen LogP contribution >= 0.6 is 55.1 Å². The number of hydrogen-bond acceptors (Lipinski definition) is 1. The third kappa shape index (κ3) is 8.20. The zero-order valence-electron chi connectivity index (χ0n) is 28.8. The maximum atomic E-state index is 15.4. The minimum Gasteiger partial charge on any atom is -0.290 e. The van der Waals surface area contributed by atoms with Crippen LogP contribution in [-0.2, 0) is 0 Å². The Morgan fingerprint density at radius 1 is 0.361 bits per heavy atom. The first-order chi connectivity index (χ1) is 28.4. The average molecular weight is 1110 g/mol. The van der Waals surface area contributed by atoms with Crippen molar-refractivity contribution in [3.8, 4) is 0 Å². The molecule has 26 heteroatoms. The van der Waals surface area contributed by atoms with Crippen LogP contribution in [0.25, 0.3) is 0 Å². The molecule has 0 aliphatic carbocycles. The summed E-state index contributed by atoms with van der Waals surface area (Å²) in [7, 11) is -1.26. The summed E-state index contributed by atoms with van der Waals surface area (Å²) in [6.07, 6.45) is -6.57. The van der Waals surface area contributed by atoms with Crippen molar-refractivity contribution < 1.29 is 92.6 Å². The highest BCUT2D eigenvalue weighted by Crippen LogP contribution is 2.62. The molecule has 5 aromatic carbocycles. The summed E-state index contributed by atoms with van der Waals surface area (Å²) < 4.78 is 294. The SMILES string of the molecule is Fc1c(F)c(F)c([B-](c2c(F)c(F)c(F)c(F)c2F)(c2c(F)c(F)c(F)c(F)c2F)c2c(F)c(F)c(F)c(F)c2F)c(F)c1F.O=C(C[P+](CBr)(CBr)CBr)c1ccccc1. The van der Waals surface area contributed by atoms with E-state index in [9.17, 15) is 57.5 Å². The molecule has 5 aromatic rings. The highest BCUT2D eigenvalue weighted by atomic mass is 79.9. The van der Waals surface area contributed by atoms with E-state index in [2.05, 4.69) is 47.8 Å². The van der Waals surface area contributed by atoms with Crippen LogP contribution in [0.3, 0.4) is 0 Å². The number of carbonyl (C=O) groups excluding carboxylic acids is 1. The van der Waals surface area contributed by atoms with Crippen molar-refractivity contribution in [2.75, 3.05) is 21.4 Å². The van der Waals surface area contributed by atoms with Crippen LogP contribution in [0.5, 0.6) is 0 Å². The monoisotopic (exact) mass is 1110 g/mol. The van der Waals surface area contributed by atoms with Gasteiger partial charge in [0.25, 0.3) is 0 Å². The molecule has 0 fully saturated rings. The lowest BCUT2D eigenvalue weighted by atomic mass is 9.12. The van der Waals surface area contributed by atoms with Gasteiger partial charge >= 0.3 is 0 Å². The first kappa shape index (κ1) is 50.0. The van der Waals surface area contributed by atoms with Crippen molar-refractivity contribution >= 4 is 88.8 Å². The molecule has 0 saturated heterocycles. The van der Waals surface area contributed by atoms with E-state index in [1.807, 2.05) is 30.3 Å². The summed E-state index contributed by atoms with van der Waals surface area (Å²) in [4.78, 5) is 12.1. The third-order valence-corrected chi connectivity index (χ3v) is 21.1. The van der Waals surface area contributed by atoms with Gasteiger partial charge in [-0.05, 0) is 47.8 Å². The van der Waals surface area contributed by atoms with Crippen LogP contribution in [-0.4, -0.2) is 33.3 Å². The molecule has 0 bridgehead atoms. The molecule has 61 heavy (non-hydrogen) atoms. The number of halogens is 23.